The monoisotopic (exact) mass is 354 g/mol. The fraction of sp³-hybridized carbons (Fsp3) is 0.316. The molecule has 0 bridgehead atoms. The first-order valence-corrected chi connectivity index (χ1v) is 8.55. The molecular formula is C19H22N4O3. The predicted molar refractivity (Wildman–Crippen MR) is 99.5 cm³/mol. The van der Waals surface area contributed by atoms with Gasteiger partial charge in [-0.2, -0.15) is 0 Å². The normalized spacial score (nSPS) is 14.3. The number of fused-ring (bicyclic) bond motifs is 1. The van der Waals surface area contributed by atoms with E-state index in [2.05, 4.69) is 15.6 Å². The van der Waals surface area contributed by atoms with Gasteiger partial charge in [-0.05, 0) is 50.6 Å². The van der Waals surface area contributed by atoms with Gasteiger partial charge in [0.1, 0.15) is 5.75 Å². The van der Waals surface area contributed by atoms with Crippen molar-refractivity contribution in [2.45, 2.75) is 26.8 Å². The molecule has 26 heavy (non-hydrogen) atoms. The molecule has 7 heteroatoms. The number of pyridine rings is 1. The quantitative estimate of drug-likeness (QED) is 0.884. The predicted octanol–water partition coefficient (Wildman–Crippen LogP) is 3.02. The van der Waals surface area contributed by atoms with Gasteiger partial charge >= 0.3 is 6.03 Å². The van der Waals surface area contributed by atoms with Gasteiger partial charge in [0.25, 0.3) is 5.91 Å². The van der Waals surface area contributed by atoms with Crippen LogP contribution in [0.25, 0.3) is 0 Å². The first-order chi connectivity index (χ1) is 12.5. The summed E-state index contributed by atoms with van der Waals surface area (Å²) in [4.78, 5) is 30.1. The summed E-state index contributed by atoms with van der Waals surface area (Å²) >= 11 is 0. The molecule has 2 aromatic rings. The average molecular weight is 354 g/mol. The van der Waals surface area contributed by atoms with E-state index in [0.29, 0.717) is 23.7 Å². The van der Waals surface area contributed by atoms with Crippen molar-refractivity contribution in [3.8, 4) is 5.75 Å². The van der Waals surface area contributed by atoms with Gasteiger partial charge in [0.05, 0.1) is 11.7 Å². The Morgan fingerprint density at radius 2 is 2.15 bits per heavy atom. The van der Waals surface area contributed by atoms with E-state index in [9.17, 15) is 9.59 Å². The zero-order valence-electron chi connectivity index (χ0n) is 15.1. The highest BCUT2D eigenvalue weighted by Crippen LogP contribution is 2.34. The van der Waals surface area contributed by atoms with E-state index in [1.165, 1.54) is 0 Å². The summed E-state index contributed by atoms with van der Waals surface area (Å²) in [6.07, 6.45) is 1.75. The molecular weight excluding hydrogens is 332 g/mol. The second-order valence-electron chi connectivity index (χ2n) is 6.16. The Morgan fingerprint density at radius 3 is 2.85 bits per heavy atom. The number of rotatable bonds is 4. The molecule has 7 nitrogen and oxygen atoms in total. The lowest BCUT2D eigenvalue weighted by molar-refractivity contribution is -0.121. The summed E-state index contributed by atoms with van der Waals surface area (Å²) in [7, 11) is 0. The van der Waals surface area contributed by atoms with Gasteiger partial charge in [-0.25, -0.2) is 4.79 Å². The van der Waals surface area contributed by atoms with Crippen LogP contribution in [-0.4, -0.2) is 30.1 Å². The Kier molecular flexibility index (Phi) is 5.06. The lowest BCUT2D eigenvalue weighted by atomic mass is 10.1. The second-order valence-corrected chi connectivity index (χ2v) is 6.16. The van der Waals surface area contributed by atoms with Crippen molar-refractivity contribution < 1.29 is 14.3 Å². The van der Waals surface area contributed by atoms with Crippen LogP contribution in [0, 0.1) is 6.92 Å². The Labute approximate surface area is 152 Å². The molecule has 1 aliphatic rings. The van der Waals surface area contributed by atoms with Gasteiger partial charge in [0.15, 0.2) is 6.61 Å². The molecule has 3 rings (SSSR count). The molecule has 3 amide bonds. The molecule has 0 fully saturated rings. The summed E-state index contributed by atoms with van der Waals surface area (Å²) in [5.41, 5.74) is 3.11. The van der Waals surface area contributed by atoms with Crippen LogP contribution in [0.15, 0.2) is 36.5 Å². The van der Waals surface area contributed by atoms with Crippen molar-refractivity contribution in [2.75, 3.05) is 23.4 Å². The van der Waals surface area contributed by atoms with Gasteiger partial charge < -0.3 is 20.3 Å². The topological polar surface area (TPSA) is 83.6 Å². The zero-order chi connectivity index (χ0) is 18.7. The summed E-state index contributed by atoms with van der Waals surface area (Å²) in [5.74, 6) is 0.540. The van der Waals surface area contributed by atoms with Gasteiger partial charge in [0.2, 0.25) is 0 Å². The molecule has 0 saturated heterocycles. The molecule has 1 aromatic heterocycles. The van der Waals surface area contributed by atoms with Crippen LogP contribution in [0.1, 0.15) is 31.1 Å². The van der Waals surface area contributed by atoms with E-state index >= 15 is 0 Å². The van der Waals surface area contributed by atoms with E-state index in [1.54, 1.807) is 29.3 Å². The maximum absolute atomic E-state index is 12.3. The number of hydrogen-bond acceptors (Lipinski definition) is 4. The van der Waals surface area contributed by atoms with Crippen LogP contribution in [0.4, 0.5) is 16.2 Å². The number of hydrogen-bond donors (Lipinski definition) is 2. The van der Waals surface area contributed by atoms with Crippen molar-refractivity contribution in [1.82, 2.24) is 10.3 Å². The van der Waals surface area contributed by atoms with Gasteiger partial charge in [-0.15, -0.1) is 0 Å². The van der Waals surface area contributed by atoms with E-state index < -0.39 is 0 Å². The molecule has 0 saturated carbocycles. The zero-order valence-corrected chi connectivity index (χ0v) is 15.1. The minimum absolute atomic E-state index is 0.0379. The van der Waals surface area contributed by atoms with Crippen molar-refractivity contribution in [1.29, 1.82) is 0 Å². The Hall–Kier alpha value is -3.09. The van der Waals surface area contributed by atoms with Crippen LogP contribution < -0.4 is 20.3 Å². The maximum Gasteiger partial charge on any atom is 0.319 e. The van der Waals surface area contributed by atoms with E-state index in [4.69, 9.17) is 4.74 Å². The summed E-state index contributed by atoms with van der Waals surface area (Å²) in [6.45, 7) is 6.29. The molecule has 0 radical (unpaired) electrons. The van der Waals surface area contributed by atoms with Crippen LogP contribution in [0.5, 0.6) is 5.75 Å². The van der Waals surface area contributed by atoms with Crippen molar-refractivity contribution in [3.63, 3.8) is 0 Å². The van der Waals surface area contributed by atoms with E-state index in [1.807, 2.05) is 32.9 Å². The minimum atomic E-state index is -0.330. The van der Waals surface area contributed by atoms with Crippen molar-refractivity contribution in [2.24, 2.45) is 0 Å². The third kappa shape index (κ3) is 3.77. The second kappa shape index (κ2) is 7.43. The minimum Gasteiger partial charge on any atom is -0.482 e. The van der Waals surface area contributed by atoms with E-state index in [0.717, 1.165) is 11.3 Å². The molecule has 0 unspecified atom stereocenters. The highest BCUT2D eigenvalue weighted by Gasteiger charge is 2.24. The lowest BCUT2D eigenvalue weighted by Crippen LogP contribution is -2.38. The number of ether oxygens (including phenoxy) is 1. The fourth-order valence-corrected chi connectivity index (χ4v) is 2.81. The number of carbonyl (C=O) groups excluding carboxylic acids is 2. The van der Waals surface area contributed by atoms with Crippen LogP contribution in [0.3, 0.4) is 0 Å². The molecule has 2 N–H and O–H groups in total. The molecule has 0 aliphatic carbocycles. The molecule has 1 aliphatic heterocycles. The highest BCUT2D eigenvalue weighted by molar-refractivity contribution is 5.99. The third-order valence-electron chi connectivity index (χ3n) is 4.26. The number of amides is 3. The molecule has 136 valence electrons. The third-order valence-corrected chi connectivity index (χ3v) is 4.26. The fourth-order valence-electron chi connectivity index (χ4n) is 2.81. The van der Waals surface area contributed by atoms with Gasteiger partial charge in [-0.1, -0.05) is 6.07 Å². The first kappa shape index (κ1) is 17.7. The van der Waals surface area contributed by atoms with Gasteiger partial charge in [0, 0.05) is 24.1 Å². The number of anilines is 2. The van der Waals surface area contributed by atoms with Gasteiger partial charge in [-0.3, -0.25) is 9.78 Å². The summed E-state index contributed by atoms with van der Waals surface area (Å²) in [6, 6.07) is 8.59. The summed E-state index contributed by atoms with van der Waals surface area (Å²) in [5, 5.41) is 5.68. The number of aromatic nitrogens is 1. The Bertz CT molecular complexity index is 820. The van der Waals surface area contributed by atoms with Crippen molar-refractivity contribution >= 4 is 23.3 Å². The van der Waals surface area contributed by atoms with Crippen LogP contribution >= 0.6 is 0 Å². The van der Waals surface area contributed by atoms with Crippen LogP contribution in [-0.2, 0) is 4.79 Å². The first-order valence-electron chi connectivity index (χ1n) is 8.55. The average Bonchev–Trinajstić information content (AvgIpc) is 2.62. The number of nitrogens with one attached hydrogen (secondary N) is 2. The number of nitrogens with zero attached hydrogens (tertiary/aromatic N) is 2. The number of benzene rings is 1. The smallest absolute Gasteiger partial charge is 0.319 e. The van der Waals surface area contributed by atoms with Crippen LogP contribution in [0.2, 0.25) is 0 Å². The Balaban J connectivity index is 1.69. The summed E-state index contributed by atoms with van der Waals surface area (Å²) < 4.78 is 5.43. The maximum atomic E-state index is 12.3. The highest BCUT2D eigenvalue weighted by atomic mass is 16.5. The molecule has 0 spiro atoms. The molecule has 1 aromatic carbocycles. The number of likely N-dealkylation sites (N-methyl/N-ethyl adjacent to an activating group) is 1. The lowest BCUT2D eigenvalue weighted by Gasteiger charge is -2.28. The number of carbonyl (C=O) groups is 2. The number of aryl methyl sites for hydroxylation is 1. The SMILES string of the molecule is CCN1C(=O)COc2ccc(NC(=O)N[C@@H](C)c3ccc(C)nc3)cc21. The molecule has 1 atom stereocenters. The number of urea groups is 1. The van der Waals surface area contributed by atoms with Crippen molar-refractivity contribution in [3.05, 3.63) is 47.8 Å². The largest absolute Gasteiger partial charge is 0.482 e. The molecule has 2 heterocycles. The standard InChI is InChI=1S/C19H22N4O3/c1-4-23-16-9-15(7-8-17(16)26-11-18(23)24)22-19(25)21-13(3)14-6-5-12(2)20-10-14/h5-10,13H,4,11H2,1-3H3,(H2,21,22,25)/t13-/m0/s1. The Morgan fingerprint density at radius 1 is 1.35 bits per heavy atom. The van der Waals surface area contributed by atoms with E-state index in [-0.39, 0.29) is 24.6 Å².